The minimum absolute atomic E-state index is 0.164. The van der Waals surface area contributed by atoms with Crippen LogP contribution in [0.3, 0.4) is 0 Å². The van der Waals surface area contributed by atoms with E-state index in [1.165, 1.54) is 29.0 Å². The predicted octanol–water partition coefficient (Wildman–Crippen LogP) is 2.01. The lowest BCUT2D eigenvalue weighted by Gasteiger charge is -2.13. The minimum atomic E-state index is -0.172. The van der Waals surface area contributed by atoms with E-state index in [2.05, 4.69) is 11.4 Å². The summed E-state index contributed by atoms with van der Waals surface area (Å²) in [6.45, 7) is 0.639. The van der Waals surface area contributed by atoms with Gasteiger partial charge in [0.25, 0.3) is 11.5 Å². The van der Waals surface area contributed by atoms with Crippen LogP contribution >= 0.6 is 0 Å². The van der Waals surface area contributed by atoms with Crippen molar-refractivity contribution >= 4 is 5.91 Å². The molecule has 0 saturated carbocycles. The molecule has 0 bridgehead atoms. The van der Waals surface area contributed by atoms with Crippen LogP contribution in [0.5, 0.6) is 0 Å². The number of carbonyl (C=O) groups is 1. The summed E-state index contributed by atoms with van der Waals surface area (Å²) in [5.74, 6) is -0.172. The molecule has 2 rings (SSSR count). The summed E-state index contributed by atoms with van der Waals surface area (Å²) in [6.07, 6.45) is 9.67. The maximum Gasteiger partial charge on any atom is 0.251 e. The van der Waals surface area contributed by atoms with E-state index in [1.807, 2.05) is 0 Å². The third kappa shape index (κ3) is 3.81. The van der Waals surface area contributed by atoms with Crippen LogP contribution in [-0.4, -0.2) is 17.0 Å². The van der Waals surface area contributed by atoms with Crippen LogP contribution < -0.4 is 10.9 Å². The van der Waals surface area contributed by atoms with Crippen LogP contribution in [0, 0.1) is 0 Å². The van der Waals surface area contributed by atoms with Gasteiger partial charge in [-0.1, -0.05) is 11.6 Å². The molecule has 0 spiro atoms. The van der Waals surface area contributed by atoms with Gasteiger partial charge in [-0.25, -0.2) is 0 Å². The molecule has 0 atom stereocenters. The van der Waals surface area contributed by atoms with E-state index in [1.54, 1.807) is 19.3 Å². The van der Waals surface area contributed by atoms with Crippen molar-refractivity contribution in [3.63, 3.8) is 0 Å². The second-order valence-electron chi connectivity index (χ2n) is 4.98. The van der Waals surface area contributed by atoms with E-state index < -0.39 is 0 Å². The van der Waals surface area contributed by atoms with Crippen LogP contribution in [0.25, 0.3) is 0 Å². The van der Waals surface area contributed by atoms with Crippen LogP contribution in [0.15, 0.2) is 34.8 Å². The first-order chi connectivity index (χ1) is 9.16. The molecule has 4 nitrogen and oxygen atoms in total. The molecule has 1 heterocycles. The van der Waals surface area contributed by atoms with Crippen molar-refractivity contribution in [2.45, 2.75) is 32.1 Å². The van der Waals surface area contributed by atoms with E-state index in [-0.39, 0.29) is 11.5 Å². The summed E-state index contributed by atoms with van der Waals surface area (Å²) in [4.78, 5) is 23.3. The van der Waals surface area contributed by atoms with E-state index in [4.69, 9.17) is 0 Å². The van der Waals surface area contributed by atoms with Crippen LogP contribution in [0.2, 0.25) is 0 Å². The molecule has 1 aliphatic carbocycles. The summed E-state index contributed by atoms with van der Waals surface area (Å²) in [5.41, 5.74) is 1.71. The first kappa shape index (κ1) is 13.6. The van der Waals surface area contributed by atoms with Gasteiger partial charge in [0, 0.05) is 31.4 Å². The maximum atomic E-state index is 11.9. The van der Waals surface area contributed by atoms with Gasteiger partial charge >= 0.3 is 0 Å². The average Bonchev–Trinajstić information content (AvgIpc) is 2.43. The van der Waals surface area contributed by atoms with Gasteiger partial charge in [-0.15, -0.1) is 0 Å². The van der Waals surface area contributed by atoms with Crippen LogP contribution in [0.4, 0.5) is 0 Å². The molecule has 1 aromatic rings. The number of rotatable bonds is 4. The number of aromatic nitrogens is 1. The molecule has 0 radical (unpaired) electrons. The highest BCUT2D eigenvalue weighted by Gasteiger charge is 2.07. The topological polar surface area (TPSA) is 51.1 Å². The monoisotopic (exact) mass is 260 g/mol. The number of allylic oxidation sites excluding steroid dienone is 1. The molecule has 102 valence electrons. The predicted molar refractivity (Wildman–Crippen MR) is 75.2 cm³/mol. The Morgan fingerprint density at radius 2 is 2.26 bits per heavy atom. The number of carbonyl (C=O) groups excluding carboxylic acids is 1. The number of aryl methyl sites for hydroxylation is 1. The second-order valence-corrected chi connectivity index (χ2v) is 4.98. The van der Waals surface area contributed by atoms with Crippen LogP contribution in [0.1, 0.15) is 42.5 Å². The molecule has 4 heteroatoms. The molecule has 19 heavy (non-hydrogen) atoms. The van der Waals surface area contributed by atoms with E-state index in [0.717, 1.165) is 19.3 Å². The number of amides is 1. The summed E-state index contributed by atoms with van der Waals surface area (Å²) < 4.78 is 1.45. The second kappa shape index (κ2) is 6.36. The third-order valence-electron chi connectivity index (χ3n) is 3.48. The maximum absolute atomic E-state index is 11.9. The Hall–Kier alpha value is -1.84. The van der Waals surface area contributed by atoms with Gasteiger partial charge in [0.05, 0.1) is 0 Å². The Bertz CT molecular complexity index is 543. The van der Waals surface area contributed by atoms with Crippen molar-refractivity contribution in [1.82, 2.24) is 9.88 Å². The van der Waals surface area contributed by atoms with Gasteiger partial charge in [-0.2, -0.15) is 0 Å². The zero-order chi connectivity index (χ0) is 13.7. The highest BCUT2D eigenvalue weighted by atomic mass is 16.2. The molecule has 0 fully saturated rings. The van der Waals surface area contributed by atoms with Crippen molar-refractivity contribution in [2.75, 3.05) is 6.54 Å². The molecule has 0 aliphatic heterocycles. The van der Waals surface area contributed by atoms with E-state index in [9.17, 15) is 9.59 Å². The average molecular weight is 260 g/mol. The molecule has 1 aliphatic rings. The SMILES string of the molecule is Cn1ccc(C(=O)NCCC2=CCCCC2)cc1=O. The Balaban J connectivity index is 1.85. The molecule has 0 saturated heterocycles. The number of pyridine rings is 1. The first-order valence-electron chi connectivity index (χ1n) is 6.79. The van der Waals surface area contributed by atoms with Gasteiger partial charge in [-0.05, 0) is 38.2 Å². The molecular formula is C15H20N2O2. The highest BCUT2D eigenvalue weighted by molar-refractivity contribution is 5.93. The van der Waals surface area contributed by atoms with Crippen molar-refractivity contribution in [3.05, 3.63) is 45.9 Å². The fourth-order valence-corrected chi connectivity index (χ4v) is 2.26. The molecule has 0 aromatic carbocycles. The molecular weight excluding hydrogens is 240 g/mol. The normalized spacial score (nSPS) is 14.9. The van der Waals surface area contributed by atoms with Crippen molar-refractivity contribution in [2.24, 2.45) is 7.05 Å². The van der Waals surface area contributed by atoms with Crippen molar-refractivity contribution < 1.29 is 4.79 Å². The van der Waals surface area contributed by atoms with Gasteiger partial charge in [0.15, 0.2) is 0 Å². The fraction of sp³-hybridized carbons (Fsp3) is 0.467. The first-order valence-corrected chi connectivity index (χ1v) is 6.79. The third-order valence-corrected chi connectivity index (χ3v) is 3.48. The number of hydrogen-bond acceptors (Lipinski definition) is 2. The molecule has 1 aromatic heterocycles. The quantitative estimate of drug-likeness (QED) is 0.842. The summed E-state index contributed by atoms with van der Waals surface area (Å²) >= 11 is 0. The lowest BCUT2D eigenvalue weighted by molar-refractivity contribution is 0.0953. The van der Waals surface area contributed by atoms with Gasteiger partial charge in [-0.3, -0.25) is 9.59 Å². The van der Waals surface area contributed by atoms with Crippen molar-refractivity contribution in [3.8, 4) is 0 Å². The van der Waals surface area contributed by atoms with E-state index >= 15 is 0 Å². The van der Waals surface area contributed by atoms with E-state index in [0.29, 0.717) is 12.1 Å². The Kier molecular flexibility index (Phi) is 4.55. The van der Waals surface area contributed by atoms with Gasteiger partial charge in [0.2, 0.25) is 0 Å². The summed E-state index contributed by atoms with van der Waals surface area (Å²) in [5, 5.41) is 2.87. The molecule has 0 unspecified atom stereocenters. The summed E-state index contributed by atoms with van der Waals surface area (Å²) in [7, 11) is 1.67. The van der Waals surface area contributed by atoms with Gasteiger partial charge < -0.3 is 9.88 Å². The lowest BCUT2D eigenvalue weighted by Crippen LogP contribution is -2.27. The highest BCUT2D eigenvalue weighted by Crippen LogP contribution is 2.19. The minimum Gasteiger partial charge on any atom is -0.352 e. The number of nitrogens with one attached hydrogen (secondary N) is 1. The Labute approximate surface area is 113 Å². The fourth-order valence-electron chi connectivity index (χ4n) is 2.26. The number of hydrogen-bond donors (Lipinski definition) is 1. The zero-order valence-electron chi connectivity index (χ0n) is 11.3. The zero-order valence-corrected chi connectivity index (χ0v) is 11.3. The Morgan fingerprint density at radius 1 is 1.42 bits per heavy atom. The van der Waals surface area contributed by atoms with Crippen LogP contribution in [-0.2, 0) is 7.05 Å². The number of nitrogens with zero attached hydrogens (tertiary/aromatic N) is 1. The molecule has 1 amide bonds. The Morgan fingerprint density at radius 3 is 2.95 bits per heavy atom. The van der Waals surface area contributed by atoms with Crippen molar-refractivity contribution in [1.29, 1.82) is 0 Å². The van der Waals surface area contributed by atoms with Gasteiger partial charge in [0.1, 0.15) is 0 Å². The summed E-state index contributed by atoms with van der Waals surface area (Å²) in [6, 6.07) is 3.03. The smallest absolute Gasteiger partial charge is 0.251 e. The lowest BCUT2D eigenvalue weighted by atomic mass is 9.97. The largest absolute Gasteiger partial charge is 0.352 e. The molecule has 1 N–H and O–H groups in total. The standard InChI is InChI=1S/C15H20N2O2/c1-17-10-8-13(11-14(17)18)15(19)16-9-7-12-5-3-2-4-6-12/h5,8,10-11H,2-4,6-7,9H2,1H3,(H,16,19).